The van der Waals surface area contributed by atoms with E-state index >= 15 is 0 Å². The normalized spacial score (nSPS) is 20.1. The van der Waals surface area contributed by atoms with E-state index in [1.165, 1.54) is 29.4 Å². The number of sulfone groups is 1. The van der Waals surface area contributed by atoms with Crippen molar-refractivity contribution in [3.8, 4) is 0 Å². The van der Waals surface area contributed by atoms with Gasteiger partial charge in [-0.05, 0) is 12.1 Å². The summed E-state index contributed by atoms with van der Waals surface area (Å²) in [5.41, 5.74) is 1.50. The van der Waals surface area contributed by atoms with Gasteiger partial charge in [-0.2, -0.15) is 11.8 Å². The maximum absolute atomic E-state index is 12.5. The lowest BCUT2D eigenvalue weighted by Gasteiger charge is -2.34. The quantitative estimate of drug-likeness (QED) is 0.627. The predicted octanol–water partition coefficient (Wildman–Crippen LogP) is 0.934. The average molecular weight is 302 g/mol. The smallest absolute Gasteiger partial charge is 0.304 e. The van der Waals surface area contributed by atoms with E-state index in [0.29, 0.717) is 11.5 Å². The first-order chi connectivity index (χ1) is 9.07. The molecular weight excluding hydrogens is 288 g/mol. The Kier molecular flexibility index (Phi) is 4.33. The zero-order valence-corrected chi connectivity index (χ0v) is 11.7. The number of nitrogens with one attached hydrogen (secondary N) is 1. The highest BCUT2D eigenvalue weighted by Gasteiger charge is 2.37. The van der Waals surface area contributed by atoms with Crippen molar-refractivity contribution in [3.63, 3.8) is 0 Å². The standard InChI is InChI=1S/C11H14N2O4S2/c14-11(12-15)13-6-7-18-8-10(13)19(16,17)9-4-2-1-3-5-9/h1-5,10,15H,6-8H2,(H,12,14). The van der Waals surface area contributed by atoms with Crippen LogP contribution in [0.25, 0.3) is 0 Å². The van der Waals surface area contributed by atoms with E-state index < -0.39 is 21.2 Å². The maximum Gasteiger partial charge on any atom is 0.342 e. The van der Waals surface area contributed by atoms with Crippen LogP contribution in [0.2, 0.25) is 0 Å². The van der Waals surface area contributed by atoms with E-state index in [1.54, 1.807) is 18.2 Å². The van der Waals surface area contributed by atoms with Crippen molar-refractivity contribution in [2.45, 2.75) is 10.3 Å². The fourth-order valence-corrected chi connectivity index (χ4v) is 5.17. The third-order valence-corrected chi connectivity index (χ3v) is 6.17. The Morgan fingerprint density at radius 1 is 1.37 bits per heavy atom. The van der Waals surface area contributed by atoms with Gasteiger partial charge in [0.25, 0.3) is 0 Å². The van der Waals surface area contributed by atoms with Crippen LogP contribution in [0.5, 0.6) is 0 Å². The van der Waals surface area contributed by atoms with Crippen LogP contribution in [-0.4, -0.2) is 48.0 Å². The Morgan fingerprint density at radius 3 is 2.68 bits per heavy atom. The van der Waals surface area contributed by atoms with Crippen LogP contribution in [0.15, 0.2) is 35.2 Å². The first-order valence-corrected chi connectivity index (χ1v) is 8.35. The van der Waals surface area contributed by atoms with E-state index in [4.69, 9.17) is 5.21 Å². The van der Waals surface area contributed by atoms with E-state index in [0.717, 1.165) is 4.90 Å². The largest absolute Gasteiger partial charge is 0.342 e. The number of hydrogen-bond donors (Lipinski definition) is 2. The highest BCUT2D eigenvalue weighted by atomic mass is 32.2. The molecule has 6 nitrogen and oxygen atoms in total. The molecule has 1 atom stereocenters. The molecule has 2 rings (SSSR count). The Hall–Kier alpha value is -1.25. The van der Waals surface area contributed by atoms with Crippen LogP contribution in [0.3, 0.4) is 0 Å². The van der Waals surface area contributed by atoms with Gasteiger partial charge in [-0.3, -0.25) is 5.21 Å². The molecule has 19 heavy (non-hydrogen) atoms. The van der Waals surface area contributed by atoms with Crippen LogP contribution in [-0.2, 0) is 9.84 Å². The molecule has 0 bridgehead atoms. The minimum absolute atomic E-state index is 0.179. The number of urea groups is 1. The molecule has 0 saturated carbocycles. The summed E-state index contributed by atoms with van der Waals surface area (Å²) in [6, 6.07) is 7.23. The number of hydroxylamine groups is 1. The molecule has 1 fully saturated rings. The molecule has 2 amide bonds. The van der Waals surface area contributed by atoms with Crippen LogP contribution >= 0.6 is 11.8 Å². The third kappa shape index (κ3) is 2.85. The molecular formula is C11H14N2O4S2. The van der Waals surface area contributed by atoms with Crippen molar-refractivity contribution < 1.29 is 18.4 Å². The lowest BCUT2D eigenvalue weighted by atomic mass is 10.4. The first kappa shape index (κ1) is 14.2. The van der Waals surface area contributed by atoms with Gasteiger partial charge >= 0.3 is 6.03 Å². The molecule has 0 radical (unpaired) electrons. The monoisotopic (exact) mass is 302 g/mol. The Balaban J connectivity index is 2.35. The highest BCUT2D eigenvalue weighted by molar-refractivity contribution is 8.01. The molecule has 1 aliphatic rings. The number of hydrogen-bond acceptors (Lipinski definition) is 5. The second kappa shape index (κ2) is 5.81. The number of rotatable bonds is 2. The Labute approximate surface area is 115 Å². The zero-order valence-electron chi connectivity index (χ0n) is 10.0. The van der Waals surface area contributed by atoms with Gasteiger partial charge in [-0.15, -0.1) is 0 Å². The van der Waals surface area contributed by atoms with Crippen molar-refractivity contribution >= 4 is 27.6 Å². The van der Waals surface area contributed by atoms with Crippen molar-refractivity contribution in [2.24, 2.45) is 0 Å². The molecule has 1 aromatic rings. The predicted molar refractivity (Wildman–Crippen MR) is 71.8 cm³/mol. The SMILES string of the molecule is O=C(NO)N1CCSCC1S(=O)(=O)c1ccccc1. The number of nitrogens with zero attached hydrogens (tertiary/aromatic N) is 1. The summed E-state index contributed by atoms with van der Waals surface area (Å²) in [4.78, 5) is 12.9. The van der Waals surface area contributed by atoms with Gasteiger partial charge in [0.15, 0.2) is 9.84 Å². The molecule has 0 aromatic heterocycles. The fourth-order valence-electron chi connectivity index (χ4n) is 1.90. The van der Waals surface area contributed by atoms with Crippen molar-refractivity contribution in [2.75, 3.05) is 18.1 Å². The summed E-state index contributed by atoms with van der Waals surface area (Å²) in [5, 5.41) is 7.74. The van der Waals surface area contributed by atoms with E-state index in [9.17, 15) is 13.2 Å². The molecule has 1 heterocycles. The minimum Gasteiger partial charge on any atom is -0.304 e. The third-order valence-electron chi connectivity index (χ3n) is 2.87. The van der Waals surface area contributed by atoms with E-state index in [1.807, 2.05) is 0 Å². The van der Waals surface area contributed by atoms with E-state index in [-0.39, 0.29) is 11.4 Å². The number of benzene rings is 1. The summed E-state index contributed by atoms with van der Waals surface area (Å²) in [6.07, 6.45) is 0. The van der Waals surface area contributed by atoms with Gasteiger partial charge in [0.1, 0.15) is 5.37 Å². The van der Waals surface area contributed by atoms with Crippen molar-refractivity contribution in [1.29, 1.82) is 0 Å². The van der Waals surface area contributed by atoms with Crippen LogP contribution in [0, 0.1) is 0 Å². The summed E-state index contributed by atoms with van der Waals surface area (Å²) in [7, 11) is -3.63. The summed E-state index contributed by atoms with van der Waals surface area (Å²) in [5.74, 6) is 0.943. The molecule has 0 aliphatic carbocycles. The van der Waals surface area contributed by atoms with Crippen LogP contribution in [0.1, 0.15) is 0 Å². The van der Waals surface area contributed by atoms with Crippen molar-refractivity contribution in [3.05, 3.63) is 30.3 Å². The number of carbonyl (C=O) groups is 1. The molecule has 1 saturated heterocycles. The molecule has 104 valence electrons. The number of amides is 2. The van der Waals surface area contributed by atoms with Gasteiger partial charge in [-0.1, -0.05) is 18.2 Å². The number of thioether (sulfide) groups is 1. The summed E-state index contributed by atoms with van der Waals surface area (Å²) < 4.78 is 25.0. The molecule has 1 aromatic carbocycles. The highest BCUT2D eigenvalue weighted by Crippen LogP contribution is 2.25. The lowest BCUT2D eigenvalue weighted by molar-refractivity contribution is 0.128. The van der Waals surface area contributed by atoms with Gasteiger partial charge in [0.05, 0.1) is 4.90 Å². The average Bonchev–Trinajstić information content (AvgIpc) is 2.47. The topological polar surface area (TPSA) is 86.7 Å². The molecule has 1 aliphatic heterocycles. The van der Waals surface area contributed by atoms with Gasteiger partial charge in [0.2, 0.25) is 0 Å². The van der Waals surface area contributed by atoms with Gasteiger partial charge in [0, 0.05) is 18.1 Å². The van der Waals surface area contributed by atoms with Crippen LogP contribution in [0.4, 0.5) is 4.79 Å². The first-order valence-electron chi connectivity index (χ1n) is 5.65. The van der Waals surface area contributed by atoms with Gasteiger partial charge < -0.3 is 4.90 Å². The fraction of sp³-hybridized carbons (Fsp3) is 0.364. The summed E-state index contributed by atoms with van der Waals surface area (Å²) >= 11 is 1.47. The maximum atomic E-state index is 12.5. The molecule has 8 heteroatoms. The van der Waals surface area contributed by atoms with Gasteiger partial charge in [-0.25, -0.2) is 18.7 Å². The minimum atomic E-state index is -3.63. The summed E-state index contributed by atoms with van der Waals surface area (Å²) in [6.45, 7) is 0.286. The Morgan fingerprint density at radius 2 is 2.05 bits per heavy atom. The number of carbonyl (C=O) groups excluding carboxylic acids is 1. The van der Waals surface area contributed by atoms with Crippen LogP contribution < -0.4 is 5.48 Å². The van der Waals surface area contributed by atoms with Crippen molar-refractivity contribution in [1.82, 2.24) is 10.4 Å². The second-order valence-electron chi connectivity index (χ2n) is 4.00. The zero-order chi connectivity index (χ0) is 13.9. The molecule has 2 N–H and O–H groups in total. The lowest BCUT2D eigenvalue weighted by Crippen LogP contribution is -2.53. The molecule has 0 spiro atoms. The second-order valence-corrected chi connectivity index (χ2v) is 7.25. The Bertz CT molecular complexity index is 547. The van der Waals surface area contributed by atoms with E-state index in [2.05, 4.69) is 0 Å². The molecule has 1 unspecified atom stereocenters.